The fourth-order valence-electron chi connectivity index (χ4n) is 3.41. The molecule has 1 saturated carbocycles. The van der Waals surface area contributed by atoms with Gasteiger partial charge in [-0.1, -0.05) is 13.3 Å². The Hall–Kier alpha value is -0.120. The third-order valence-corrected chi connectivity index (χ3v) is 5.00. The molecule has 1 N–H and O–H groups in total. The largest absolute Gasteiger partial charge is 0.314 e. The SMILES string of the molecule is CCC1CCC(N(C)CCN2CCNCC2)CC1. The van der Waals surface area contributed by atoms with E-state index < -0.39 is 0 Å². The number of rotatable bonds is 5. The number of hydrogen-bond donors (Lipinski definition) is 1. The molecule has 18 heavy (non-hydrogen) atoms. The van der Waals surface area contributed by atoms with Crippen LogP contribution in [0.5, 0.6) is 0 Å². The third-order valence-electron chi connectivity index (χ3n) is 5.00. The molecule has 3 nitrogen and oxygen atoms in total. The molecule has 0 unspecified atom stereocenters. The number of likely N-dealkylation sites (N-methyl/N-ethyl adjacent to an activating group) is 1. The van der Waals surface area contributed by atoms with E-state index in [2.05, 4.69) is 29.1 Å². The first-order valence-corrected chi connectivity index (χ1v) is 7.93. The first-order chi connectivity index (χ1) is 8.79. The van der Waals surface area contributed by atoms with Crippen LogP contribution in [0, 0.1) is 5.92 Å². The monoisotopic (exact) mass is 253 g/mol. The van der Waals surface area contributed by atoms with Crippen LogP contribution < -0.4 is 5.32 Å². The number of nitrogens with zero attached hydrogens (tertiary/aromatic N) is 2. The minimum absolute atomic E-state index is 0.857. The first-order valence-electron chi connectivity index (χ1n) is 7.93. The van der Waals surface area contributed by atoms with Crippen molar-refractivity contribution in [2.75, 3.05) is 46.3 Å². The zero-order valence-electron chi connectivity index (χ0n) is 12.3. The lowest BCUT2D eigenvalue weighted by Crippen LogP contribution is -2.47. The molecule has 0 spiro atoms. The van der Waals surface area contributed by atoms with Crippen LogP contribution >= 0.6 is 0 Å². The van der Waals surface area contributed by atoms with Gasteiger partial charge in [-0.25, -0.2) is 0 Å². The van der Waals surface area contributed by atoms with Crippen molar-refractivity contribution < 1.29 is 0 Å². The molecule has 1 aliphatic carbocycles. The summed E-state index contributed by atoms with van der Waals surface area (Å²) in [5.74, 6) is 1.02. The highest BCUT2D eigenvalue weighted by Crippen LogP contribution is 2.28. The molecule has 2 rings (SSSR count). The molecule has 106 valence electrons. The van der Waals surface area contributed by atoms with E-state index in [1.807, 2.05) is 0 Å². The van der Waals surface area contributed by atoms with Crippen LogP contribution in [0.4, 0.5) is 0 Å². The Bertz CT molecular complexity index is 218. The molecular formula is C15H31N3. The average Bonchev–Trinajstić information content (AvgIpc) is 2.46. The van der Waals surface area contributed by atoms with Crippen molar-refractivity contribution in [2.24, 2.45) is 5.92 Å². The standard InChI is InChI=1S/C15H31N3/c1-3-14-4-6-15(7-5-14)17(2)12-13-18-10-8-16-9-11-18/h14-16H,3-13H2,1-2H3. The Balaban J connectivity index is 1.63. The van der Waals surface area contributed by atoms with Crippen molar-refractivity contribution in [3.63, 3.8) is 0 Å². The van der Waals surface area contributed by atoms with E-state index in [1.54, 1.807) is 0 Å². The fourth-order valence-corrected chi connectivity index (χ4v) is 3.41. The Kier molecular flexibility index (Phi) is 5.93. The minimum atomic E-state index is 0.857. The maximum atomic E-state index is 3.42. The van der Waals surface area contributed by atoms with Crippen molar-refractivity contribution in [2.45, 2.75) is 45.1 Å². The molecule has 0 aromatic rings. The van der Waals surface area contributed by atoms with Crippen molar-refractivity contribution in [1.82, 2.24) is 15.1 Å². The summed E-state index contributed by atoms with van der Waals surface area (Å²) in [6, 6.07) is 0.857. The molecule has 0 aromatic carbocycles. The summed E-state index contributed by atoms with van der Waals surface area (Å²) in [5.41, 5.74) is 0. The normalized spacial score (nSPS) is 30.8. The molecule has 3 heteroatoms. The maximum Gasteiger partial charge on any atom is 0.0110 e. The summed E-state index contributed by atoms with van der Waals surface area (Å²) in [6.07, 6.45) is 7.16. The second-order valence-electron chi connectivity index (χ2n) is 6.16. The highest BCUT2D eigenvalue weighted by molar-refractivity contribution is 4.78. The molecular weight excluding hydrogens is 222 g/mol. The zero-order chi connectivity index (χ0) is 12.8. The van der Waals surface area contributed by atoms with Crippen LogP contribution in [0.25, 0.3) is 0 Å². The molecule has 1 heterocycles. The van der Waals surface area contributed by atoms with Gasteiger partial charge >= 0.3 is 0 Å². The second-order valence-corrected chi connectivity index (χ2v) is 6.16. The zero-order valence-corrected chi connectivity index (χ0v) is 12.3. The fraction of sp³-hybridized carbons (Fsp3) is 1.00. The van der Waals surface area contributed by atoms with E-state index in [-0.39, 0.29) is 0 Å². The average molecular weight is 253 g/mol. The predicted octanol–water partition coefficient (Wildman–Crippen LogP) is 1.79. The summed E-state index contributed by atoms with van der Waals surface area (Å²) in [7, 11) is 2.33. The summed E-state index contributed by atoms with van der Waals surface area (Å²) in [5, 5.41) is 3.42. The van der Waals surface area contributed by atoms with Gasteiger partial charge in [-0.2, -0.15) is 0 Å². The maximum absolute atomic E-state index is 3.42. The van der Waals surface area contributed by atoms with Gasteiger partial charge in [0.15, 0.2) is 0 Å². The van der Waals surface area contributed by atoms with Crippen LogP contribution in [-0.2, 0) is 0 Å². The minimum Gasteiger partial charge on any atom is -0.314 e. The van der Waals surface area contributed by atoms with Gasteiger partial charge in [0.25, 0.3) is 0 Å². The molecule has 2 aliphatic rings. The van der Waals surface area contributed by atoms with E-state index in [4.69, 9.17) is 0 Å². The molecule has 0 aromatic heterocycles. The van der Waals surface area contributed by atoms with Crippen LogP contribution in [-0.4, -0.2) is 62.2 Å². The van der Waals surface area contributed by atoms with E-state index >= 15 is 0 Å². The van der Waals surface area contributed by atoms with Crippen molar-refractivity contribution in [3.8, 4) is 0 Å². The summed E-state index contributed by atoms with van der Waals surface area (Å²) >= 11 is 0. The predicted molar refractivity (Wildman–Crippen MR) is 78.0 cm³/mol. The number of hydrogen-bond acceptors (Lipinski definition) is 3. The Morgan fingerprint density at radius 2 is 1.78 bits per heavy atom. The molecule has 0 amide bonds. The van der Waals surface area contributed by atoms with Crippen molar-refractivity contribution in [1.29, 1.82) is 0 Å². The number of piperazine rings is 1. The Morgan fingerprint density at radius 1 is 1.11 bits per heavy atom. The van der Waals surface area contributed by atoms with E-state index in [0.29, 0.717) is 0 Å². The van der Waals surface area contributed by atoms with Gasteiger partial charge < -0.3 is 10.2 Å². The van der Waals surface area contributed by atoms with Gasteiger partial charge in [-0.15, -0.1) is 0 Å². The molecule has 2 fully saturated rings. The van der Waals surface area contributed by atoms with Gasteiger partial charge in [0, 0.05) is 45.3 Å². The lowest BCUT2D eigenvalue weighted by atomic mass is 9.84. The van der Waals surface area contributed by atoms with Gasteiger partial charge in [-0.05, 0) is 38.6 Å². The van der Waals surface area contributed by atoms with Crippen LogP contribution in [0.3, 0.4) is 0 Å². The smallest absolute Gasteiger partial charge is 0.0110 e. The van der Waals surface area contributed by atoms with Crippen molar-refractivity contribution >= 4 is 0 Å². The first kappa shape index (κ1) is 14.3. The molecule has 0 bridgehead atoms. The quantitative estimate of drug-likeness (QED) is 0.806. The molecule has 1 aliphatic heterocycles. The lowest BCUT2D eigenvalue weighted by Gasteiger charge is -2.36. The lowest BCUT2D eigenvalue weighted by molar-refractivity contribution is 0.137. The van der Waals surface area contributed by atoms with Gasteiger partial charge in [0.1, 0.15) is 0 Å². The van der Waals surface area contributed by atoms with E-state index in [9.17, 15) is 0 Å². The van der Waals surface area contributed by atoms with Gasteiger partial charge in [0.2, 0.25) is 0 Å². The summed E-state index contributed by atoms with van der Waals surface area (Å²) < 4.78 is 0. The highest BCUT2D eigenvalue weighted by Gasteiger charge is 2.23. The topological polar surface area (TPSA) is 18.5 Å². The molecule has 1 saturated heterocycles. The van der Waals surface area contributed by atoms with Gasteiger partial charge in [-0.3, -0.25) is 4.90 Å². The Morgan fingerprint density at radius 3 is 2.39 bits per heavy atom. The molecule has 0 atom stereocenters. The van der Waals surface area contributed by atoms with Crippen LogP contribution in [0.15, 0.2) is 0 Å². The van der Waals surface area contributed by atoms with E-state index in [0.717, 1.165) is 12.0 Å². The van der Waals surface area contributed by atoms with Crippen LogP contribution in [0.2, 0.25) is 0 Å². The summed E-state index contributed by atoms with van der Waals surface area (Å²) in [6.45, 7) is 9.66. The van der Waals surface area contributed by atoms with E-state index in [1.165, 1.54) is 71.4 Å². The van der Waals surface area contributed by atoms with Gasteiger partial charge in [0.05, 0.1) is 0 Å². The molecule has 0 radical (unpaired) electrons. The van der Waals surface area contributed by atoms with Crippen LogP contribution in [0.1, 0.15) is 39.0 Å². The Labute approximate surface area is 113 Å². The second kappa shape index (κ2) is 7.46. The highest BCUT2D eigenvalue weighted by atomic mass is 15.2. The third kappa shape index (κ3) is 4.22. The van der Waals surface area contributed by atoms with Crippen molar-refractivity contribution in [3.05, 3.63) is 0 Å². The number of nitrogens with one attached hydrogen (secondary N) is 1. The summed E-state index contributed by atoms with van der Waals surface area (Å²) in [4.78, 5) is 5.22.